The second-order valence-corrected chi connectivity index (χ2v) is 10.6. The molecule has 5 nitrogen and oxygen atoms in total. The van der Waals surface area contributed by atoms with Gasteiger partial charge in [-0.05, 0) is 65.9 Å². The van der Waals surface area contributed by atoms with Crippen molar-refractivity contribution in [1.82, 2.24) is 14.8 Å². The third kappa shape index (κ3) is 6.94. The Bertz CT molecular complexity index is 1420. The number of nitrogens with one attached hydrogen (secondary N) is 1. The van der Waals surface area contributed by atoms with Gasteiger partial charge in [-0.25, -0.2) is 4.39 Å². The van der Waals surface area contributed by atoms with Gasteiger partial charge in [-0.3, -0.25) is 9.59 Å². The first-order valence-electron chi connectivity index (χ1n) is 12.5. The standard InChI is InChI=1S/C30H30Cl2FN3O2/c1-20(2)17-36(30(38)22-8-10-24(33)11-9-22)19-29(37)35(18-21-7-12-26(31)27(32)15-21)14-13-23-16-34-28-6-4-3-5-25(23)28/h3-12,15-16,20,34H,13-14,17-19H2,1-2H3. The van der Waals surface area contributed by atoms with Gasteiger partial charge in [0.1, 0.15) is 12.4 Å². The van der Waals surface area contributed by atoms with E-state index in [4.69, 9.17) is 23.2 Å². The SMILES string of the molecule is CC(C)CN(CC(=O)N(CCc1c[nH]c2ccccc12)Cc1ccc(Cl)c(Cl)c1)C(=O)c1ccc(F)cc1. The zero-order valence-electron chi connectivity index (χ0n) is 21.4. The van der Waals surface area contributed by atoms with Crippen molar-refractivity contribution in [2.75, 3.05) is 19.6 Å². The molecule has 0 aliphatic rings. The quantitative estimate of drug-likeness (QED) is 0.230. The molecule has 0 saturated carbocycles. The van der Waals surface area contributed by atoms with Crippen LogP contribution in [0.25, 0.3) is 10.9 Å². The number of carbonyl (C=O) groups excluding carboxylic acids is 2. The summed E-state index contributed by atoms with van der Waals surface area (Å²) in [6, 6.07) is 18.7. The van der Waals surface area contributed by atoms with Gasteiger partial charge in [0.05, 0.1) is 10.0 Å². The largest absolute Gasteiger partial charge is 0.361 e. The van der Waals surface area contributed by atoms with E-state index in [2.05, 4.69) is 11.1 Å². The number of halogens is 3. The first-order valence-corrected chi connectivity index (χ1v) is 13.3. The van der Waals surface area contributed by atoms with E-state index in [1.165, 1.54) is 29.2 Å². The van der Waals surface area contributed by atoms with Crippen molar-refractivity contribution in [3.63, 3.8) is 0 Å². The van der Waals surface area contributed by atoms with Gasteiger partial charge in [-0.15, -0.1) is 0 Å². The Morgan fingerprint density at radius 2 is 1.68 bits per heavy atom. The molecule has 1 N–H and O–H groups in total. The number of aromatic amines is 1. The van der Waals surface area contributed by atoms with E-state index in [1.54, 1.807) is 17.0 Å². The van der Waals surface area contributed by atoms with Crippen molar-refractivity contribution in [2.24, 2.45) is 5.92 Å². The summed E-state index contributed by atoms with van der Waals surface area (Å²) in [6.07, 6.45) is 2.60. The minimum Gasteiger partial charge on any atom is -0.361 e. The van der Waals surface area contributed by atoms with Gasteiger partial charge in [0.25, 0.3) is 5.91 Å². The van der Waals surface area contributed by atoms with Crippen LogP contribution in [0.4, 0.5) is 4.39 Å². The molecule has 0 bridgehead atoms. The molecule has 0 saturated heterocycles. The third-order valence-corrected chi connectivity index (χ3v) is 7.07. The molecule has 198 valence electrons. The highest BCUT2D eigenvalue weighted by molar-refractivity contribution is 6.42. The highest BCUT2D eigenvalue weighted by atomic mass is 35.5. The van der Waals surface area contributed by atoms with Crippen LogP contribution < -0.4 is 0 Å². The number of fused-ring (bicyclic) bond motifs is 1. The summed E-state index contributed by atoms with van der Waals surface area (Å²) < 4.78 is 13.4. The van der Waals surface area contributed by atoms with Crippen molar-refractivity contribution in [3.05, 3.63) is 105 Å². The van der Waals surface area contributed by atoms with Crippen LogP contribution in [0.2, 0.25) is 10.0 Å². The Hall–Kier alpha value is -3.35. The molecule has 0 aliphatic carbocycles. The zero-order valence-corrected chi connectivity index (χ0v) is 22.9. The topological polar surface area (TPSA) is 56.4 Å². The van der Waals surface area contributed by atoms with Crippen LogP contribution in [0.1, 0.15) is 35.3 Å². The number of hydrogen-bond donors (Lipinski definition) is 1. The van der Waals surface area contributed by atoms with Crippen LogP contribution in [0.15, 0.2) is 72.9 Å². The normalized spacial score (nSPS) is 11.2. The lowest BCUT2D eigenvalue weighted by Gasteiger charge is -2.29. The molecule has 3 aromatic carbocycles. The maximum atomic E-state index is 13.7. The van der Waals surface area contributed by atoms with Gasteiger partial charge in [0, 0.05) is 42.3 Å². The molecular weight excluding hydrogens is 524 g/mol. The molecule has 1 aromatic heterocycles. The lowest BCUT2D eigenvalue weighted by molar-refractivity contribution is -0.132. The molecule has 0 spiro atoms. The molecule has 4 aromatic rings. The second-order valence-electron chi connectivity index (χ2n) is 9.76. The maximum Gasteiger partial charge on any atom is 0.254 e. The number of hydrogen-bond acceptors (Lipinski definition) is 2. The fraction of sp³-hybridized carbons (Fsp3) is 0.267. The predicted molar refractivity (Wildman–Crippen MR) is 151 cm³/mol. The van der Waals surface area contributed by atoms with Gasteiger partial charge >= 0.3 is 0 Å². The smallest absolute Gasteiger partial charge is 0.254 e. The highest BCUT2D eigenvalue weighted by Gasteiger charge is 2.24. The van der Waals surface area contributed by atoms with E-state index in [-0.39, 0.29) is 24.3 Å². The van der Waals surface area contributed by atoms with Crippen LogP contribution in [0, 0.1) is 11.7 Å². The molecule has 1 heterocycles. The van der Waals surface area contributed by atoms with Crippen molar-refractivity contribution < 1.29 is 14.0 Å². The summed E-state index contributed by atoms with van der Waals surface area (Å²) in [7, 11) is 0. The van der Waals surface area contributed by atoms with Crippen molar-refractivity contribution >= 4 is 45.9 Å². The average Bonchev–Trinajstić information content (AvgIpc) is 3.31. The fourth-order valence-electron chi connectivity index (χ4n) is 4.44. The number of H-pyrrole nitrogens is 1. The highest BCUT2D eigenvalue weighted by Crippen LogP contribution is 2.24. The van der Waals surface area contributed by atoms with E-state index in [9.17, 15) is 14.0 Å². The minimum absolute atomic E-state index is 0.0937. The number of rotatable bonds is 10. The van der Waals surface area contributed by atoms with Crippen LogP contribution in [0.3, 0.4) is 0 Å². The van der Waals surface area contributed by atoms with Crippen LogP contribution >= 0.6 is 23.2 Å². The Kier molecular flexibility index (Phi) is 9.08. The van der Waals surface area contributed by atoms with Gasteiger partial charge < -0.3 is 14.8 Å². The molecule has 0 atom stereocenters. The predicted octanol–water partition coefficient (Wildman–Crippen LogP) is 6.98. The lowest BCUT2D eigenvalue weighted by atomic mass is 10.1. The number of para-hydroxylation sites is 1. The molecule has 0 unspecified atom stereocenters. The Morgan fingerprint density at radius 3 is 2.39 bits per heavy atom. The molecule has 4 rings (SSSR count). The van der Waals surface area contributed by atoms with Gasteiger partial charge in [-0.1, -0.05) is 61.3 Å². The average molecular weight is 554 g/mol. The van der Waals surface area contributed by atoms with E-state index < -0.39 is 5.82 Å². The molecule has 0 radical (unpaired) electrons. The summed E-state index contributed by atoms with van der Waals surface area (Å²) in [5, 5.41) is 1.98. The van der Waals surface area contributed by atoms with Crippen LogP contribution in [-0.2, 0) is 17.8 Å². The van der Waals surface area contributed by atoms with Crippen molar-refractivity contribution in [1.29, 1.82) is 0 Å². The van der Waals surface area contributed by atoms with Gasteiger partial charge in [0.2, 0.25) is 5.91 Å². The molecule has 0 fully saturated rings. The summed E-state index contributed by atoms with van der Waals surface area (Å²) >= 11 is 12.3. The van der Waals surface area contributed by atoms with Crippen molar-refractivity contribution in [3.8, 4) is 0 Å². The Morgan fingerprint density at radius 1 is 0.947 bits per heavy atom. The third-order valence-electron chi connectivity index (χ3n) is 6.33. The number of aromatic nitrogens is 1. The molecular formula is C30H30Cl2FN3O2. The van der Waals surface area contributed by atoms with Crippen LogP contribution in [0.5, 0.6) is 0 Å². The summed E-state index contributed by atoms with van der Waals surface area (Å²) in [5.41, 5.74) is 3.33. The monoisotopic (exact) mass is 553 g/mol. The summed E-state index contributed by atoms with van der Waals surface area (Å²) in [5.74, 6) is -0.773. The Balaban J connectivity index is 1.57. The Labute approximate surface area is 232 Å². The van der Waals surface area contributed by atoms with E-state index in [0.717, 1.165) is 22.0 Å². The first kappa shape index (κ1) is 27.7. The number of nitrogens with zero attached hydrogens (tertiary/aromatic N) is 2. The van der Waals surface area contributed by atoms with E-state index >= 15 is 0 Å². The molecule has 38 heavy (non-hydrogen) atoms. The molecule has 8 heteroatoms. The number of carbonyl (C=O) groups is 2. The van der Waals surface area contributed by atoms with E-state index in [0.29, 0.717) is 41.7 Å². The molecule has 2 amide bonds. The van der Waals surface area contributed by atoms with E-state index in [1.807, 2.05) is 44.3 Å². The van der Waals surface area contributed by atoms with Gasteiger partial charge in [0.15, 0.2) is 0 Å². The second kappa shape index (κ2) is 12.5. The summed E-state index contributed by atoms with van der Waals surface area (Å²) in [6.45, 7) is 5.04. The van der Waals surface area contributed by atoms with Crippen LogP contribution in [-0.4, -0.2) is 46.2 Å². The van der Waals surface area contributed by atoms with Crippen molar-refractivity contribution in [2.45, 2.75) is 26.8 Å². The lowest BCUT2D eigenvalue weighted by Crippen LogP contribution is -2.44. The first-order chi connectivity index (χ1) is 18.2. The fourth-order valence-corrected chi connectivity index (χ4v) is 4.76. The molecule has 0 aliphatic heterocycles. The maximum absolute atomic E-state index is 13.7. The number of benzene rings is 3. The number of amides is 2. The minimum atomic E-state index is -0.418. The zero-order chi connectivity index (χ0) is 27.2. The van der Waals surface area contributed by atoms with Gasteiger partial charge in [-0.2, -0.15) is 0 Å². The summed E-state index contributed by atoms with van der Waals surface area (Å²) in [4.78, 5) is 33.5.